The van der Waals surface area contributed by atoms with Gasteiger partial charge in [0.2, 0.25) is 0 Å². The molecule has 1 aromatic rings. The van der Waals surface area contributed by atoms with Crippen molar-refractivity contribution >= 4 is 0 Å². The molecule has 0 aliphatic carbocycles. The van der Waals surface area contributed by atoms with E-state index in [1.165, 1.54) is 43.0 Å². The van der Waals surface area contributed by atoms with Crippen LogP contribution in [0.1, 0.15) is 70.1 Å². The van der Waals surface area contributed by atoms with Gasteiger partial charge >= 0.3 is 0 Å². The molecule has 1 N–H and O–H groups in total. The molecule has 3 nitrogen and oxygen atoms in total. The topological polar surface area (TPSA) is 29.9 Å². The van der Waals surface area contributed by atoms with Crippen molar-refractivity contribution in [3.63, 3.8) is 0 Å². The summed E-state index contributed by atoms with van der Waals surface area (Å²) in [6, 6.07) is 0.524. The van der Waals surface area contributed by atoms with Crippen LogP contribution in [0.4, 0.5) is 0 Å². The Morgan fingerprint density at radius 3 is 2.89 bits per heavy atom. The van der Waals surface area contributed by atoms with Gasteiger partial charge in [0.25, 0.3) is 0 Å². The van der Waals surface area contributed by atoms with Gasteiger partial charge in [0, 0.05) is 31.2 Å². The van der Waals surface area contributed by atoms with Gasteiger partial charge in [-0.2, -0.15) is 0 Å². The van der Waals surface area contributed by atoms with Crippen molar-refractivity contribution in [2.24, 2.45) is 0 Å². The Hall–Kier alpha value is -0.830. The van der Waals surface area contributed by atoms with Crippen molar-refractivity contribution < 1.29 is 0 Å². The zero-order valence-corrected chi connectivity index (χ0v) is 12.3. The summed E-state index contributed by atoms with van der Waals surface area (Å²) in [6.45, 7) is 11.1. The minimum atomic E-state index is 0.524. The average molecular weight is 249 g/mol. The third-order valence-corrected chi connectivity index (χ3v) is 3.80. The first-order chi connectivity index (χ1) is 8.63. The Balaban J connectivity index is 2.27. The number of imidazole rings is 1. The summed E-state index contributed by atoms with van der Waals surface area (Å²) in [5.41, 5.74) is 2.79. The van der Waals surface area contributed by atoms with E-state index in [2.05, 4.69) is 37.6 Å². The first kappa shape index (κ1) is 13.6. The van der Waals surface area contributed by atoms with Gasteiger partial charge in [-0.25, -0.2) is 4.98 Å². The molecule has 0 aromatic carbocycles. The Morgan fingerprint density at radius 2 is 2.22 bits per heavy atom. The zero-order valence-electron chi connectivity index (χ0n) is 12.3. The molecule has 1 aliphatic heterocycles. The van der Waals surface area contributed by atoms with Crippen LogP contribution in [0.2, 0.25) is 0 Å². The Kier molecular flexibility index (Phi) is 4.44. The van der Waals surface area contributed by atoms with Crippen LogP contribution in [0.3, 0.4) is 0 Å². The smallest absolute Gasteiger partial charge is 0.109 e. The van der Waals surface area contributed by atoms with E-state index < -0.39 is 0 Å². The molecule has 102 valence electrons. The molecule has 1 aliphatic rings. The van der Waals surface area contributed by atoms with Gasteiger partial charge in [0.05, 0.1) is 5.69 Å². The quantitative estimate of drug-likeness (QED) is 0.868. The highest BCUT2D eigenvalue weighted by molar-refractivity contribution is 5.23. The summed E-state index contributed by atoms with van der Waals surface area (Å²) in [4.78, 5) is 4.90. The molecule has 0 amide bonds. The molecule has 2 rings (SSSR count). The highest BCUT2D eigenvalue weighted by atomic mass is 15.1. The van der Waals surface area contributed by atoms with Crippen LogP contribution in [0.25, 0.3) is 0 Å². The normalized spacial score (nSPS) is 19.3. The Morgan fingerprint density at radius 1 is 1.44 bits per heavy atom. The number of hydrogen-bond donors (Lipinski definition) is 1. The lowest BCUT2D eigenvalue weighted by molar-refractivity contribution is 0.457. The summed E-state index contributed by atoms with van der Waals surface area (Å²) in [5.74, 6) is 1.97. The molecule has 0 bridgehead atoms. The van der Waals surface area contributed by atoms with E-state index in [-0.39, 0.29) is 0 Å². The van der Waals surface area contributed by atoms with Crippen LogP contribution < -0.4 is 5.32 Å². The van der Waals surface area contributed by atoms with E-state index >= 15 is 0 Å². The number of aromatic nitrogens is 2. The summed E-state index contributed by atoms with van der Waals surface area (Å²) < 4.78 is 2.50. The second-order valence-electron chi connectivity index (χ2n) is 5.84. The van der Waals surface area contributed by atoms with Crippen LogP contribution in [-0.2, 0) is 19.5 Å². The summed E-state index contributed by atoms with van der Waals surface area (Å²) >= 11 is 0. The molecule has 0 radical (unpaired) electrons. The second-order valence-corrected chi connectivity index (χ2v) is 5.84. The average Bonchev–Trinajstić information content (AvgIpc) is 2.67. The number of nitrogens with zero attached hydrogens (tertiary/aromatic N) is 2. The minimum absolute atomic E-state index is 0.524. The van der Waals surface area contributed by atoms with Crippen molar-refractivity contribution in [2.75, 3.05) is 0 Å². The van der Waals surface area contributed by atoms with Crippen molar-refractivity contribution in [3.8, 4) is 0 Å². The van der Waals surface area contributed by atoms with E-state index in [9.17, 15) is 0 Å². The number of nitrogens with one attached hydrogen (secondary N) is 1. The maximum Gasteiger partial charge on any atom is 0.109 e. The molecule has 0 saturated heterocycles. The summed E-state index contributed by atoms with van der Waals surface area (Å²) in [7, 11) is 0. The number of aryl methyl sites for hydroxylation is 1. The molecule has 0 saturated carbocycles. The van der Waals surface area contributed by atoms with Gasteiger partial charge in [-0.1, -0.05) is 27.7 Å². The van der Waals surface area contributed by atoms with Crippen LogP contribution in [0, 0.1) is 0 Å². The molecule has 2 heterocycles. The van der Waals surface area contributed by atoms with E-state index in [1.807, 2.05) is 0 Å². The summed E-state index contributed by atoms with van der Waals surface area (Å²) in [5, 5.41) is 3.51. The predicted octanol–water partition coefficient (Wildman–Crippen LogP) is 3.23. The highest BCUT2D eigenvalue weighted by Crippen LogP contribution is 2.31. The fourth-order valence-electron chi connectivity index (χ4n) is 2.91. The van der Waals surface area contributed by atoms with Crippen LogP contribution in [0.5, 0.6) is 0 Å². The van der Waals surface area contributed by atoms with Crippen molar-refractivity contribution in [1.29, 1.82) is 0 Å². The minimum Gasteiger partial charge on any atom is -0.331 e. The molecule has 1 atom stereocenters. The SMILES string of the molecule is CCCc1nc(CNC(C)C)c2n1CCCC2C. The first-order valence-electron chi connectivity index (χ1n) is 7.45. The fourth-order valence-corrected chi connectivity index (χ4v) is 2.91. The standard InChI is InChI=1S/C15H27N3/c1-5-7-14-17-13(10-16-11(2)3)15-12(4)8-6-9-18(14)15/h11-12,16H,5-10H2,1-4H3. The maximum atomic E-state index is 4.90. The van der Waals surface area contributed by atoms with Crippen molar-refractivity contribution in [2.45, 2.75) is 78.4 Å². The fraction of sp³-hybridized carbons (Fsp3) is 0.800. The molecule has 0 fully saturated rings. The van der Waals surface area contributed by atoms with Gasteiger partial charge in [-0.05, 0) is 25.2 Å². The second kappa shape index (κ2) is 5.87. The van der Waals surface area contributed by atoms with Crippen molar-refractivity contribution in [1.82, 2.24) is 14.9 Å². The number of fused-ring (bicyclic) bond motifs is 1. The van der Waals surface area contributed by atoms with Crippen molar-refractivity contribution in [3.05, 3.63) is 17.2 Å². The lowest BCUT2D eigenvalue weighted by Crippen LogP contribution is -2.24. The molecule has 1 aromatic heterocycles. The lowest BCUT2D eigenvalue weighted by Gasteiger charge is -2.23. The molecule has 0 spiro atoms. The highest BCUT2D eigenvalue weighted by Gasteiger charge is 2.24. The van der Waals surface area contributed by atoms with Gasteiger partial charge in [-0.15, -0.1) is 0 Å². The third-order valence-electron chi connectivity index (χ3n) is 3.80. The van der Waals surface area contributed by atoms with Gasteiger partial charge in [0.15, 0.2) is 0 Å². The summed E-state index contributed by atoms with van der Waals surface area (Å²) in [6.07, 6.45) is 4.91. The lowest BCUT2D eigenvalue weighted by atomic mass is 9.96. The largest absolute Gasteiger partial charge is 0.331 e. The molecular weight excluding hydrogens is 222 g/mol. The number of rotatable bonds is 5. The monoisotopic (exact) mass is 249 g/mol. The zero-order chi connectivity index (χ0) is 13.1. The predicted molar refractivity (Wildman–Crippen MR) is 75.8 cm³/mol. The Bertz CT molecular complexity index is 393. The van der Waals surface area contributed by atoms with Crippen LogP contribution >= 0.6 is 0 Å². The molecule has 18 heavy (non-hydrogen) atoms. The van der Waals surface area contributed by atoms with Gasteiger partial charge < -0.3 is 9.88 Å². The van der Waals surface area contributed by atoms with E-state index in [4.69, 9.17) is 4.98 Å². The van der Waals surface area contributed by atoms with Gasteiger partial charge in [0.1, 0.15) is 5.82 Å². The maximum absolute atomic E-state index is 4.90. The molecular formula is C15H27N3. The molecule has 3 heteroatoms. The first-order valence-corrected chi connectivity index (χ1v) is 7.45. The van der Waals surface area contributed by atoms with Crippen LogP contribution in [0.15, 0.2) is 0 Å². The van der Waals surface area contributed by atoms with E-state index in [0.717, 1.165) is 13.0 Å². The molecule has 1 unspecified atom stereocenters. The van der Waals surface area contributed by atoms with E-state index in [1.54, 1.807) is 0 Å². The van der Waals surface area contributed by atoms with Gasteiger partial charge in [-0.3, -0.25) is 0 Å². The van der Waals surface area contributed by atoms with Crippen LogP contribution in [-0.4, -0.2) is 15.6 Å². The Labute approximate surface area is 111 Å². The third kappa shape index (κ3) is 2.77. The number of hydrogen-bond acceptors (Lipinski definition) is 2. The van der Waals surface area contributed by atoms with E-state index in [0.29, 0.717) is 12.0 Å².